The minimum absolute atomic E-state index is 0.481. The molecule has 0 aromatic carbocycles. The largest absolute Gasteiger partial charge is 0.356 e. The van der Waals surface area contributed by atoms with Crippen LogP contribution in [0, 0.1) is 17.8 Å². The van der Waals surface area contributed by atoms with Crippen molar-refractivity contribution in [3.05, 3.63) is 0 Å². The Labute approximate surface area is 86.5 Å². The van der Waals surface area contributed by atoms with Gasteiger partial charge in [-0.3, -0.25) is 4.79 Å². The van der Waals surface area contributed by atoms with Gasteiger partial charge in [0.15, 0.2) is 0 Å². The molecule has 2 aliphatic rings. The summed E-state index contributed by atoms with van der Waals surface area (Å²) in [6, 6.07) is 0.481. The number of hydrogen-bond acceptors (Lipinski definition) is 1. The molecule has 2 rings (SSSR count). The first-order valence-electron chi connectivity index (χ1n) is 6.01. The van der Waals surface area contributed by atoms with Crippen LogP contribution in [0.2, 0.25) is 0 Å². The highest BCUT2D eigenvalue weighted by molar-refractivity contribution is 5.46. The summed E-state index contributed by atoms with van der Waals surface area (Å²) in [6.07, 6.45) is 8.92. The van der Waals surface area contributed by atoms with E-state index in [1.54, 1.807) is 0 Å². The predicted molar refractivity (Wildman–Crippen MR) is 56.8 cm³/mol. The van der Waals surface area contributed by atoms with Crippen LogP contribution in [0.25, 0.3) is 0 Å². The number of rotatable bonds is 3. The molecule has 80 valence electrons. The van der Waals surface area contributed by atoms with E-state index in [0.29, 0.717) is 6.04 Å². The molecule has 2 nitrogen and oxygen atoms in total. The zero-order chi connectivity index (χ0) is 9.97. The molecular weight excluding hydrogens is 174 g/mol. The quantitative estimate of drug-likeness (QED) is 0.688. The second-order valence-electron chi connectivity index (χ2n) is 5.17. The zero-order valence-corrected chi connectivity index (χ0v) is 9.04. The molecule has 2 aliphatic carbocycles. The fourth-order valence-corrected chi connectivity index (χ4v) is 3.55. The van der Waals surface area contributed by atoms with Crippen LogP contribution in [0.5, 0.6) is 0 Å². The van der Waals surface area contributed by atoms with E-state index in [1.165, 1.54) is 38.5 Å². The number of carbonyl (C=O) groups excluding carboxylic acids is 1. The van der Waals surface area contributed by atoms with Crippen molar-refractivity contribution in [1.29, 1.82) is 0 Å². The van der Waals surface area contributed by atoms with Crippen molar-refractivity contribution < 1.29 is 4.79 Å². The summed E-state index contributed by atoms with van der Waals surface area (Å²) in [7, 11) is 0. The van der Waals surface area contributed by atoms with Crippen LogP contribution in [-0.2, 0) is 4.79 Å². The fourth-order valence-electron chi connectivity index (χ4n) is 3.55. The Hall–Kier alpha value is -0.530. The number of hydrogen-bond donors (Lipinski definition) is 1. The van der Waals surface area contributed by atoms with Crippen LogP contribution >= 0.6 is 0 Å². The Balaban J connectivity index is 1.91. The summed E-state index contributed by atoms with van der Waals surface area (Å²) in [5, 5.41) is 2.97. The lowest BCUT2D eigenvalue weighted by Crippen LogP contribution is -2.40. The number of fused-ring (bicyclic) bond motifs is 2. The summed E-state index contributed by atoms with van der Waals surface area (Å²) in [5.41, 5.74) is 0. The van der Waals surface area contributed by atoms with Gasteiger partial charge in [0.2, 0.25) is 6.41 Å². The van der Waals surface area contributed by atoms with Crippen LogP contribution in [0.4, 0.5) is 0 Å². The van der Waals surface area contributed by atoms with Crippen LogP contribution in [0.1, 0.15) is 45.4 Å². The second-order valence-corrected chi connectivity index (χ2v) is 5.17. The molecule has 2 saturated carbocycles. The topological polar surface area (TPSA) is 29.1 Å². The van der Waals surface area contributed by atoms with Crippen molar-refractivity contribution in [2.75, 3.05) is 0 Å². The number of nitrogens with one attached hydrogen (secondary N) is 1. The molecule has 1 N–H and O–H groups in total. The third-order valence-electron chi connectivity index (χ3n) is 4.12. The highest BCUT2D eigenvalue weighted by atomic mass is 16.1. The van der Waals surface area contributed by atoms with E-state index in [4.69, 9.17) is 0 Å². The third-order valence-corrected chi connectivity index (χ3v) is 4.12. The lowest BCUT2D eigenvalue weighted by atomic mass is 9.66. The minimum Gasteiger partial charge on any atom is -0.356 e. The molecule has 0 heterocycles. The molecule has 1 amide bonds. The van der Waals surface area contributed by atoms with Crippen molar-refractivity contribution in [3.63, 3.8) is 0 Å². The fraction of sp³-hybridized carbons (Fsp3) is 0.917. The van der Waals surface area contributed by atoms with Gasteiger partial charge in [-0.15, -0.1) is 0 Å². The van der Waals surface area contributed by atoms with E-state index in [9.17, 15) is 4.79 Å². The van der Waals surface area contributed by atoms with E-state index in [2.05, 4.69) is 12.2 Å². The first-order chi connectivity index (χ1) is 6.81. The molecule has 2 unspecified atom stereocenters. The van der Waals surface area contributed by atoms with E-state index >= 15 is 0 Å². The maximum atomic E-state index is 10.4. The van der Waals surface area contributed by atoms with Gasteiger partial charge >= 0.3 is 0 Å². The maximum absolute atomic E-state index is 10.4. The molecule has 0 aromatic rings. The van der Waals surface area contributed by atoms with Crippen LogP contribution in [0.15, 0.2) is 0 Å². The first kappa shape index (κ1) is 10.0. The van der Waals surface area contributed by atoms with Crippen molar-refractivity contribution >= 4 is 6.41 Å². The SMILES string of the molecule is CCC1CC2CC(C1)CC(NC=O)C2. The molecule has 0 radical (unpaired) electrons. The Morgan fingerprint density at radius 3 is 2.29 bits per heavy atom. The first-order valence-corrected chi connectivity index (χ1v) is 6.01. The molecule has 2 heteroatoms. The van der Waals surface area contributed by atoms with Gasteiger partial charge < -0.3 is 5.32 Å². The Kier molecular flexibility index (Phi) is 3.09. The summed E-state index contributed by atoms with van der Waals surface area (Å²) in [5.74, 6) is 2.76. The van der Waals surface area contributed by atoms with Gasteiger partial charge in [-0.2, -0.15) is 0 Å². The predicted octanol–water partition coefficient (Wildman–Crippen LogP) is 2.34. The standard InChI is InChI=1S/C12H21NO/c1-2-9-3-10-5-11(4-9)7-12(6-10)13-8-14/h8-12H,2-7H2,1H3,(H,13,14). The van der Waals surface area contributed by atoms with E-state index in [1.807, 2.05) is 0 Å². The van der Waals surface area contributed by atoms with Crippen LogP contribution in [-0.4, -0.2) is 12.5 Å². The normalized spacial score (nSPS) is 41.8. The van der Waals surface area contributed by atoms with Gasteiger partial charge in [0.05, 0.1) is 0 Å². The average molecular weight is 195 g/mol. The van der Waals surface area contributed by atoms with Gasteiger partial charge in [-0.05, 0) is 49.9 Å². The van der Waals surface area contributed by atoms with Crippen molar-refractivity contribution in [2.45, 2.75) is 51.5 Å². The van der Waals surface area contributed by atoms with Gasteiger partial charge in [-0.25, -0.2) is 0 Å². The van der Waals surface area contributed by atoms with Crippen LogP contribution in [0.3, 0.4) is 0 Å². The Bertz CT molecular complexity index is 190. The maximum Gasteiger partial charge on any atom is 0.207 e. The summed E-state index contributed by atoms with van der Waals surface area (Å²) < 4.78 is 0. The van der Waals surface area contributed by atoms with E-state index in [-0.39, 0.29) is 0 Å². The summed E-state index contributed by atoms with van der Waals surface area (Å²) >= 11 is 0. The lowest BCUT2D eigenvalue weighted by molar-refractivity contribution is -0.110. The molecular formula is C12H21NO. The zero-order valence-electron chi connectivity index (χ0n) is 9.04. The molecule has 2 atom stereocenters. The minimum atomic E-state index is 0.481. The lowest BCUT2D eigenvalue weighted by Gasteiger charge is -2.42. The smallest absolute Gasteiger partial charge is 0.207 e. The molecule has 0 saturated heterocycles. The average Bonchev–Trinajstić information content (AvgIpc) is 2.16. The molecule has 0 aromatic heterocycles. The summed E-state index contributed by atoms with van der Waals surface area (Å²) in [4.78, 5) is 10.4. The van der Waals surface area contributed by atoms with E-state index in [0.717, 1.165) is 24.2 Å². The highest BCUT2D eigenvalue weighted by Gasteiger charge is 2.35. The molecule has 2 bridgehead atoms. The number of carbonyl (C=O) groups is 1. The molecule has 2 fully saturated rings. The molecule has 0 aliphatic heterocycles. The van der Waals surface area contributed by atoms with E-state index < -0.39 is 0 Å². The number of amides is 1. The monoisotopic (exact) mass is 195 g/mol. The second kappa shape index (κ2) is 4.33. The highest BCUT2D eigenvalue weighted by Crippen LogP contribution is 2.43. The van der Waals surface area contributed by atoms with Gasteiger partial charge in [0.1, 0.15) is 0 Å². The molecule has 14 heavy (non-hydrogen) atoms. The van der Waals surface area contributed by atoms with Crippen molar-refractivity contribution in [1.82, 2.24) is 5.32 Å². The van der Waals surface area contributed by atoms with Gasteiger partial charge in [-0.1, -0.05) is 13.3 Å². The van der Waals surface area contributed by atoms with Gasteiger partial charge in [0, 0.05) is 6.04 Å². The Morgan fingerprint density at radius 1 is 1.14 bits per heavy atom. The Morgan fingerprint density at radius 2 is 1.79 bits per heavy atom. The van der Waals surface area contributed by atoms with Crippen molar-refractivity contribution in [2.24, 2.45) is 17.8 Å². The third kappa shape index (κ3) is 2.10. The van der Waals surface area contributed by atoms with Gasteiger partial charge in [0.25, 0.3) is 0 Å². The van der Waals surface area contributed by atoms with Crippen LogP contribution < -0.4 is 5.32 Å². The molecule has 0 spiro atoms. The van der Waals surface area contributed by atoms with Crippen molar-refractivity contribution in [3.8, 4) is 0 Å². The summed E-state index contributed by atoms with van der Waals surface area (Å²) in [6.45, 7) is 2.31.